The molecule has 0 bridgehead atoms. The fraction of sp³-hybridized carbons (Fsp3) is 0.562. The molecular formula is C16H24ClN3O2. The highest BCUT2D eigenvalue weighted by Crippen LogP contribution is 2.27. The first-order chi connectivity index (χ1) is 10.5. The van der Waals surface area contributed by atoms with Gasteiger partial charge in [-0.1, -0.05) is 11.6 Å². The third-order valence-electron chi connectivity index (χ3n) is 3.80. The van der Waals surface area contributed by atoms with E-state index >= 15 is 0 Å². The number of carbonyl (C=O) groups excluding carboxylic acids is 1. The second-order valence-corrected chi connectivity index (χ2v) is 6.30. The van der Waals surface area contributed by atoms with Crippen molar-refractivity contribution in [3.8, 4) is 5.75 Å². The predicted octanol–water partition coefficient (Wildman–Crippen LogP) is 1.52. The lowest BCUT2D eigenvalue weighted by Gasteiger charge is -2.36. The van der Waals surface area contributed by atoms with E-state index in [2.05, 4.69) is 10.6 Å². The van der Waals surface area contributed by atoms with E-state index in [4.69, 9.17) is 16.3 Å². The summed E-state index contributed by atoms with van der Waals surface area (Å²) in [6, 6.07) is 7.16. The number of nitrogens with zero attached hydrogens (tertiary/aromatic N) is 1. The summed E-state index contributed by atoms with van der Waals surface area (Å²) < 4.78 is 6.09. The van der Waals surface area contributed by atoms with Gasteiger partial charge in [0.2, 0.25) is 0 Å². The highest BCUT2D eigenvalue weighted by Gasteiger charge is 2.41. The predicted molar refractivity (Wildman–Crippen MR) is 88.5 cm³/mol. The molecule has 1 fully saturated rings. The van der Waals surface area contributed by atoms with Gasteiger partial charge in [0.25, 0.3) is 5.91 Å². The fourth-order valence-electron chi connectivity index (χ4n) is 2.49. The average Bonchev–Trinajstić information content (AvgIpc) is 2.50. The Labute approximate surface area is 137 Å². The van der Waals surface area contributed by atoms with Crippen LogP contribution in [0.4, 0.5) is 0 Å². The van der Waals surface area contributed by atoms with Gasteiger partial charge >= 0.3 is 0 Å². The van der Waals surface area contributed by atoms with Crippen molar-refractivity contribution in [1.82, 2.24) is 15.5 Å². The number of carbonyl (C=O) groups is 1. The summed E-state index contributed by atoms with van der Waals surface area (Å²) in [6.07, 6.45) is 1.31. The van der Waals surface area contributed by atoms with E-state index in [9.17, 15) is 4.79 Å². The van der Waals surface area contributed by atoms with E-state index in [-0.39, 0.29) is 5.91 Å². The van der Waals surface area contributed by atoms with Gasteiger partial charge in [-0.3, -0.25) is 4.79 Å². The van der Waals surface area contributed by atoms with Crippen LogP contribution in [0.3, 0.4) is 0 Å². The molecule has 0 saturated carbocycles. The summed E-state index contributed by atoms with van der Waals surface area (Å²) in [5, 5.41) is 6.93. The maximum Gasteiger partial charge on any atom is 0.264 e. The molecule has 1 aromatic rings. The Hall–Kier alpha value is -1.30. The number of hydrogen-bond acceptors (Lipinski definition) is 4. The standard InChI is InChI=1S/C16H24ClN3O2/c1-20(2)12-11-19-15(21)16(7-9-18-10-8-16)22-14-5-3-13(17)4-6-14/h3-6,18H,7-12H2,1-2H3,(H,19,21). The number of amides is 1. The van der Waals surface area contributed by atoms with E-state index in [0.717, 1.165) is 19.6 Å². The van der Waals surface area contributed by atoms with Crippen LogP contribution in [0.25, 0.3) is 0 Å². The third-order valence-corrected chi connectivity index (χ3v) is 4.05. The molecular weight excluding hydrogens is 302 g/mol. The minimum atomic E-state index is -0.800. The van der Waals surface area contributed by atoms with Gasteiger partial charge < -0.3 is 20.3 Å². The molecule has 2 rings (SSSR count). The number of rotatable bonds is 6. The van der Waals surface area contributed by atoms with Gasteiger partial charge in [-0.25, -0.2) is 0 Å². The van der Waals surface area contributed by atoms with Crippen LogP contribution in [0.1, 0.15) is 12.8 Å². The van der Waals surface area contributed by atoms with Crippen molar-refractivity contribution >= 4 is 17.5 Å². The third kappa shape index (κ3) is 4.60. The molecule has 1 aromatic carbocycles. The number of benzene rings is 1. The van der Waals surface area contributed by atoms with Gasteiger partial charge in [-0.15, -0.1) is 0 Å². The highest BCUT2D eigenvalue weighted by molar-refractivity contribution is 6.30. The van der Waals surface area contributed by atoms with Crippen molar-refractivity contribution < 1.29 is 9.53 Å². The zero-order valence-electron chi connectivity index (χ0n) is 13.2. The molecule has 2 N–H and O–H groups in total. The molecule has 0 spiro atoms. The Balaban J connectivity index is 2.06. The van der Waals surface area contributed by atoms with Crippen molar-refractivity contribution in [2.45, 2.75) is 18.4 Å². The van der Waals surface area contributed by atoms with Gasteiger partial charge in [0.05, 0.1) is 0 Å². The van der Waals surface area contributed by atoms with Gasteiger partial charge in [0.1, 0.15) is 5.75 Å². The molecule has 0 aliphatic carbocycles. The summed E-state index contributed by atoms with van der Waals surface area (Å²) in [4.78, 5) is 14.7. The van der Waals surface area contributed by atoms with Crippen LogP contribution >= 0.6 is 11.6 Å². The Kier molecular flexibility index (Phi) is 6.06. The van der Waals surface area contributed by atoms with Gasteiger partial charge in [-0.2, -0.15) is 0 Å². The van der Waals surface area contributed by atoms with Crippen molar-refractivity contribution in [3.63, 3.8) is 0 Å². The largest absolute Gasteiger partial charge is 0.477 e. The second kappa shape index (κ2) is 7.81. The smallest absolute Gasteiger partial charge is 0.264 e. The van der Waals surface area contributed by atoms with E-state index in [1.165, 1.54) is 0 Å². The Morgan fingerprint density at radius 3 is 2.55 bits per heavy atom. The van der Waals surface area contributed by atoms with Crippen molar-refractivity contribution in [2.24, 2.45) is 0 Å². The molecule has 1 saturated heterocycles. The summed E-state index contributed by atoms with van der Waals surface area (Å²) >= 11 is 5.90. The minimum Gasteiger partial charge on any atom is -0.477 e. The van der Waals surface area contributed by atoms with E-state index < -0.39 is 5.60 Å². The van der Waals surface area contributed by atoms with Crippen molar-refractivity contribution in [1.29, 1.82) is 0 Å². The molecule has 0 radical (unpaired) electrons. The zero-order chi connectivity index (χ0) is 16.0. The molecule has 6 heteroatoms. The van der Waals surface area contributed by atoms with Gasteiger partial charge in [0.15, 0.2) is 5.60 Å². The number of nitrogens with one attached hydrogen (secondary N) is 2. The number of hydrogen-bond donors (Lipinski definition) is 2. The zero-order valence-corrected chi connectivity index (χ0v) is 13.9. The lowest BCUT2D eigenvalue weighted by molar-refractivity contribution is -0.139. The summed E-state index contributed by atoms with van der Waals surface area (Å²) in [5.74, 6) is 0.639. The SMILES string of the molecule is CN(C)CCNC(=O)C1(Oc2ccc(Cl)cc2)CCNCC1. The Morgan fingerprint density at radius 2 is 1.95 bits per heavy atom. The van der Waals surface area contributed by atoms with Gasteiger partial charge in [-0.05, 0) is 51.5 Å². The molecule has 0 atom stereocenters. The van der Waals surface area contributed by atoms with Crippen molar-refractivity contribution in [3.05, 3.63) is 29.3 Å². The van der Waals surface area contributed by atoms with Crippen LogP contribution in [0.15, 0.2) is 24.3 Å². The average molecular weight is 326 g/mol. The van der Waals surface area contributed by atoms with Crippen LogP contribution < -0.4 is 15.4 Å². The molecule has 1 heterocycles. The summed E-state index contributed by atoms with van der Waals surface area (Å²) in [6.45, 7) is 2.97. The highest BCUT2D eigenvalue weighted by atomic mass is 35.5. The van der Waals surface area contributed by atoms with Crippen molar-refractivity contribution in [2.75, 3.05) is 40.3 Å². The lowest BCUT2D eigenvalue weighted by Crippen LogP contribution is -2.57. The first-order valence-corrected chi connectivity index (χ1v) is 7.98. The first kappa shape index (κ1) is 17.1. The van der Waals surface area contributed by atoms with Crippen LogP contribution in [0.2, 0.25) is 5.02 Å². The number of piperidine rings is 1. The van der Waals surface area contributed by atoms with E-state index in [1.54, 1.807) is 24.3 Å². The van der Waals surface area contributed by atoms with Crippen LogP contribution in [-0.2, 0) is 4.79 Å². The molecule has 0 aromatic heterocycles. The van der Waals surface area contributed by atoms with E-state index in [0.29, 0.717) is 30.2 Å². The van der Waals surface area contributed by atoms with Gasteiger partial charge in [0, 0.05) is 31.0 Å². The van der Waals surface area contributed by atoms with Crippen LogP contribution in [-0.4, -0.2) is 56.7 Å². The summed E-state index contributed by atoms with van der Waals surface area (Å²) in [7, 11) is 3.97. The lowest BCUT2D eigenvalue weighted by atomic mass is 9.91. The first-order valence-electron chi connectivity index (χ1n) is 7.60. The molecule has 1 aliphatic heterocycles. The Bertz CT molecular complexity index is 485. The van der Waals surface area contributed by atoms with Crippen LogP contribution in [0, 0.1) is 0 Å². The van der Waals surface area contributed by atoms with E-state index in [1.807, 2.05) is 19.0 Å². The molecule has 0 unspecified atom stereocenters. The minimum absolute atomic E-state index is 0.0363. The molecule has 122 valence electrons. The summed E-state index contributed by atoms with van der Waals surface area (Å²) in [5.41, 5.74) is -0.800. The fourth-order valence-corrected chi connectivity index (χ4v) is 2.61. The quantitative estimate of drug-likeness (QED) is 0.832. The topological polar surface area (TPSA) is 53.6 Å². The van der Waals surface area contributed by atoms with Crippen LogP contribution in [0.5, 0.6) is 5.75 Å². The Morgan fingerprint density at radius 1 is 1.32 bits per heavy atom. The monoisotopic (exact) mass is 325 g/mol. The number of halogens is 1. The molecule has 5 nitrogen and oxygen atoms in total. The number of likely N-dealkylation sites (N-methyl/N-ethyl adjacent to an activating group) is 1. The normalized spacial score (nSPS) is 17.3. The molecule has 1 amide bonds. The maximum absolute atomic E-state index is 12.7. The molecule has 22 heavy (non-hydrogen) atoms. The second-order valence-electron chi connectivity index (χ2n) is 5.86. The maximum atomic E-state index is 12.7. The molecule has 1 aliphatic rings. The number of ether oxygens (including phenoxy) is 1.